The van der Waals surface area contributed by atoms with Crippen LogP contribution in [-0.2, 0) is 47.0 Å². The lowest BCUT2D eigenvalue weighted by atomic mass is 10.1. The number of sulfonamides is 1. The molecule has 2 aliphatic heterocycles. The summed E-state index contributed by atoms with van der Waals surface area (Å²) in [6, 6.07) is 2.24. The van der Waals surface area contributed by atoms with E-state index in [0.717, 1.165) is 11.0 Å². The molecule has 0 spiro atoms. The maximum atomic E-state index is 14.2. The van der Waals surface area contributed by atoms with Crippen LogP contribution in [0.2, 0.25) is 0 Å². The Balaban J connectivity index is 1.32. The van der Waals surface area contributed by atoms with Gasteiger partial charge in [-0.15, -0.1) is 6.58 Å². The maximum Gasteiger partial charge on any atom is 0.410 e. The Morgan fingerprint density at radius 2 is 1.89 bits per heavy atom. The third kappa shape index (κ3) is 6.05. The second kappa shape index (κ2) is 11.7. The molecule has 0 aromatic heterocycles. The van der Waals surface area contributed by atoms with Gasteiger partial charge < -0.3 is 20.3 Å². The first-order valence-corrected chi connectivity index (χ1v) is 15.8. The number of nitrogens with one attached hydrogen (secondary N) is 3. The zero-order chi connectivity index (χ0) is 32.0. The first-order chi connectivity index (χ1) is 20.8. The van der Waals surface area contributed by atoms with Crippen molar-refractivity contribution in [3.05, 3.63) is 60.5 Å². The van der Waals surface area contributed by atoms with E-state index in [2.05, 4.69) is 28.5 Å². The third-order valence-corrected chi connectivity index (χ3v) is 10.3. The largest absolute Gasteiger partial charge is 0.444 e. The maximum absolute atomic E-state index is 14.2. The molecule has 1 saturated heterocycles. The van der Waals surface area contributed by atoms with Gasteiger partial charge in [0.1, 0.15) is 29.5 Å². The molecule has 236 valence electrons. The number of carbonyl (C=O) groups excluding carboxylic acids is 5. The van der Waals surface area contributed by atoms with E-state index < -0.39 is 80.5 Å². The number of fused-ring (bicyclic) bond motifs is 1. The van der Waals surface area contributed by atoms with Gasteiger partial charge in [-0.05, 0) is 43.9 Å². The van der Waals surface area contributed by atoms with Crippen LogP contribution in [-0.4, -0.2) is 83.5 Å². The Kier molecular flexibility index (Phi) is 8.27. The molecule has 0 unspecified atom stereocenters. The van der Waals surface area contributed by atoms with Crippen molar-refractivity contribution >= 4 is 39.7 Å². The van der Waals surface area contributed by atoms with Gasteiger partial charge in [0.2, 0.25) is 27.7 Å². The average molecular weight is 632 g/mol. The second-order valence-corrected chi connectivity index (χ2v) is 13.6. The molecular formula is C29H34FN5O8S. The minimum atomic E-state index is -3.90. The Hall–Kier alpha value is -4.27. The van der Waals surface area contributed by atoms with E-state index in [1.54, 1.807) is 12.1 Å². The van der Waals surface area contributed by atoms with Crippen LogP contribution in [0, 0.1) is 11.7 Å². The Labute approximate surface area is 253 Å². The normalized spacial score (nSPS) is 26.2. The van der Waals surface area contributed by atoms with Gasteiger partial charge in [0.15, 0.2) is 0 Å². The van der Waals surface area contributed by atoms with Crippen LogP contribution < -0.4 is 15.4 Å². The standard InChI is InChI=1S/C29H34FN5O8S/c1-4-18-12-29(18,27(39)33-44(41,42)20-9-10-20)32-25(37)23-11-19(14-35(23)26(38)16(3)31-24(36)5-2)43-28(40)34-13-17-7-6-8-22(30)21(17)15-34/h4-8,16,18-20,23H,1-2,9-15H2,3H3,(H,31,36)(H,32,37)(H,33,39)/t16-,18+,19+,23-,29+/m0/s1. The summed E-state index contributed by atoms with van der Waals surface area (Å²) in [5.74, 6) is -3.92. The van der Waals surface area contributed by atoms with Crippen molar-refractivity contribution < 1.29 is 41.5 Å². The van der Waals surface area contributed by atoms with E-state index in [4.69, 9.17) is 4.74 Å². The minimum Gasteiger partial charge on any atom is -0.444 e. The zero-order valence-corrected chi connectivity index (χ0v) is 24.9. The van der Waals surface area contributed by atoms with Gasteiger partial charge in [-0.25, -0.2) is 17.6 Å². The molecule has 3 N–H and O–H groups in total. The van der Waals surface area contributed by atoms with Crippen molar-refractivity contribution in [2.75, 3.05) is 6.54 Å². The number of benzene rings is 1. The van der Waals surface area contributed by atoms with Crippen molar-refractivity contribution in [2.45, 2.75) is 74.7 Å². The molecule has 1 aromatic rings. The summed E-state index contributed by atoms with van der Waals surface area (Å²) in [5, 5.41) is 4.42. The summed E-state index contributed by atoms with van der Waals surface area (Å²) >= 11 is 0. The van der Waals surface area contributed by atoms with E-state index >= 15 is 0 Å². The highest BCUT2D eigenvalue weighted by molar-refractivity contribution is 7.91. The molecule has 2 heterocycles. The molecule has 5 amide bonds. The summed E-state index contributed by atoms with van der Waals surface area (Å²) in [7, 11) is -3.90. The van der Waals surface area contributed by atoms with Crippen LogP contribution in [0.15, 0.2) is 43.5 Å². The number of ether oxygens (including phenoxy) is 1. The highest BCUT2D eigenvalue weighted by atomic mass is 32.2. The number of nitrogens with zero attached hydrogens (tertiary/aromatic N) is 2. The van der Waals surface area contributed by atoms with E-state index in [1.807, 2.05) is 0 Å². The minimum absolute atomic E-state index is 0.00488. The van der Waals surface area contributed by atoms with Gasteiger partial charge in [0, 0.05) is 24.4 Å². The number of halogens is 1. The third-order valence-electron chi connectivity index (χ3n) is 8.46. The molecule has 15 heteroatoms. The average Bonchev–Trinajstić information content (AvgIpc) is 3.87. The first-order valence-electron chi connectivity index (χ1n) is 14.3. The van der Waals surface area contributed by atoms with E-state index in [9.17, 15) is 36.8 Å². The molecule has 0 bridgehead atoms. The fraction of sp³-hybridized carbons (Fsp3) is 0.483. The molecule has 0 radical (unpaired) electrons. The number of carbonyl (C=O) groups is 5. The fourth-order valence-electron chi connectivity index (χ4n) is 5.70. The molecule has 2 saturated carbocycles. The monoisotopic (exact) mass is 631 g/mol. The number of rotatable bonds is 10. The van der Waals surface area contributed by atoms with E-state index in [0.29, 0.717) is 24.0 Å². The summed E-state index contributed by atoms with van der Waals surface area (Å²) in [4.78, 5) is 67.6. The van der Waals surface area contributed by atoms with E-state index in [1.165, 1.54) is 24.0 Å². The van der Waals surface area contributed by atoms with Gasteiger partial charge in [0.25, 0.3) is 5.91 Å². The number of hydrogen-bond donors (Lipinski definition) is 3. The lowest BCUT2D eigenvalue weighted by Gasteiger charge is -2.28. The van der Waals surface area contributed by atoms with Crippen molar-refractivity contribution in [1.29, 1.82) is 0 Å². The topological polar surface area (TPSA) is 171 Å². The Bertz CT molecular complexity index is 1550. The van der Waals surface area contributed by atoms with Crippen LogP contribution >= 0.6 is 0 Å². The molecule has 5 atom stereocenters. The van der Waals surface area contributed by atoms with Gasteiger partial charge in [-0.1, -0.05) is 24.8 Å². The van der Waals surface area contributed by atoms with Gasteiger partial charge in [0.05, 0.1) is 18.3 Å². The van der Waals surface area contributed by atoms with Gasteiger partial charge in [-0.3, -0.25) is 28.8 Å². The smallest absolute Gasteiger partial charge is 0.410 e. The van der Waals surface area contributed by atoms with Crippen molar-refractivity contribution in [2.24, 2.45) is 5.92 Å². The van der Waals surface area contributed by atoms with Crippen LogP contribution in [0.4, 0.5) is 9.18 Å². The number of amides is 5. The molecular weight excluding hydrogens is 597 g/mol. The SMILES string of the molecule is C=CC(=O)N[C@@H](C)C(=O)N1C[C@H](OC(=O)N2Cc3cccc(F)c3C2)C[C@H]1C(=O)N[C@]1(C(=O)NS(=O)(=O)C2CC2)C[C@H]1C=C. The summed E-state index contributed by atoms with van der Waals surface area (Å²) in [6.07, 6.45) is 1.55. The molecule has 5 rings (SSSR count). The summed E-state index contributed by atoms with van der Waals surface area (Å²) in [5.41, 5.74) is -0.564. The van der Waals surface area contributed by atoms with Crippen LogP contribution in [0.5, 0.6) is 0 Å². The van der Waals surface area contributed by atoms with Crippen molar-refractivity contribution in [3.8, 4) is 0 Å². The number of likely N-dealkylation sites (tertiary alicyclic amines) is 1. The van der Waals surface area contributed by atoms with Crippen LogP contribution in [0.25, 0.3) is 0 Å². The molecule has 44 heavy (non-hydrogen) atoms. The number of hydrogen-bond acceptors (Lipinski definition) is 8. The highest BCUT2D eigenvalue weighted by Crippen LogP contribution is 2.45. The molecule has 2 aliphatic carbocycles. The summed E-state index contributed by atoms with van der Waals surface area (Å²) < 4.78 is 46.8. The second-order valence-electron chi connectivity index (χ2n) is 11.6. The molecule has 3 fully saturated rings. The first kappa shape index (κ1) is 31.2. The quantitative estimate of drug-likeness (QED) is 0.249. The predicted molar refractivity (Wildman–Crippen MR) is 153 cm³/mol. The van der Waals surface area contributed by atoms with Crippen LogP contribution in [0.3, 0.4) is 0 Å². The lowest BCUT2D eigenvalue weighted by molar-refractivity contribution is -0.141. The predicted octanol–water partition coefficient (Wildman–Crippen LogP) is 0.607. The van der Waals surface area contributed by atoms with Crippen molar-refractivity contribution in [1.82, 2.24) is 25.2 Å². The lowest BCUT2D eigenvalue weighted by Crippen LogP contribution is -2.58. The fourth-order valence-corrected chi connectivity index (χ4v) is 7.07. The summed E-state index contributed by atoms with van der Waals surface area (Å²) in [6.45, 7) is 8.37. The molecule has 13 nitrogen and oxygen atoms in total. The Morgan fingerprint density at radius 3 is 2.50 bits per heavy atom. The van der Waals surface area contributed by atoms with Gasteiger partial charge in [-0.2, -0.15) is 0 Å². The molecule has 1 aromatic carbocycles. The van der Waals surface area contributed by atoms with Crippen molar-refractivity contribution in [3.63, 3.8) is 0 Å². The van der Waals surface area contributed by atoms with E-state index in [-0.39, 0.29) is 32.5 Å². The van der Waals surface area contributed by atoms with Gasteiger partial charge >= 0.3 is 6.09 Å². The zero-order valence-electron chi connectivity index (χ0n) is 24.1. The highest BCUT2D eigenvalue weighted by Gasteiger charge is 2.62. The van der Waals surface area contributed by atoms with Crippen LogP contribution in [0.1, 0.15) is 43.7 Å². The molecule has 4 aliphatic rings. The Morgan fingerprint density at radius 1 is 1.16 bits per heavy atom.